The molecule has 33 heavy (non-hydrogen) atoms. The first-order valence-electron chi connectivity index (χ1n) is 11.2. The van der Waals surface area contributed by atoms with Crippen LogP contribution in [0.3, 0.4) is 0 Å². The highest BCUT2D eigenvalue weighted by Gasteiger charge is 2.28. The molecule has 1 fully saturated rings. The van der Waals surface area contributed by atoms with Gasteiger partial charge in [0.15, 0.2) is 0 Å². The van der Waals surface area contributed by atoms with E-state index >= 15 is 0 Å². The van der Waals surface area contributed by atoms with Gasteiger partial charge in [-0.2, -0.15) is 0 Å². The predicted molar refractivity (Wildman–Crippen MR) is 137 cm³/mol. The van der Waals surface area contributed by atoms with Gasteiger partial charge in [-0.1, -0.05) is 13.8 Å². The Kier molecular flexibility index (Phi) is 7.65. The fourth-order valence-corrected chi connectivity index (χ4v) is 3.93. The van der Waals surface area contributed by atoms with Crippen molar-refractivity contribution in [2.45, 2.75) is 25.9 Å². The van der Waals surface area contributed by atoms with E-state index in [9.17, 15) is 0 Å². The summed E-state index contributed by atoms with van der Waals surface area (Å²) in [6.07, 6.45) is 13.3. The van der Waals surface area contributed by atoms with E-state index in [4.69, 9.17) is 22.2 Å². The molecule has 1 unspecified atom stereocenters. The molecule has 0 spiro atoms. The van der Waals surface area contributed by atoms with Crippen LogP contribution in [0, 0.1) is 5.92 Å². The van der Waals surface area contributed by atoms with Gasteiger partial charge in [-0.25, -0.2) is 0 Å². The third-order valence-electron chi connectivity index (χ3n) is 5.90. The Morgan fingerprint density at radius 2 is 1.97 bits per heavy atom. The summed E-state index contributed by atoms with van der Waals surface area (Å²) in [5, 5.41) is 6.37. The molecule has 1 atom stereocenters. The maximum absolute atomic E-state index is 6.40. The Hall–Kier alpha value is -3.46. The molecular formula is C24H37N9. The van der Waals surface area contributed by atoms with Crippen molar-refractivity contribution in [1.82, 2.24) is 20.4 Å². The van der Waals surface area contributed by atoms with E-state index in [1.807, 2.05) is 44.7 Å². The molecule has 3 aliphatic rings. The van der Waals surface area contributed by atoms with Crippen LogP contribution in [-0.4, -0.2) is 68.2 Å². The van der Waals surface area contributed by atoms with E-state index in [1.54, 1.807) is 6.20 Å². The van der Waals surface area contributed by atoms with Crippen molar-refractivity contribution in [2.24, 2.45) is 33.1 Å². The molecule has 0 bridgehead atoms. The lowest BCUT2D eigenvalue weighted by Crippen LogP contribution is -2.48. The van der Waals surface area contributed by atoms with Crippen LogP contribution in [0.2, 0.25) is 0 Å². The van der Waals surface area contributed by atoms with Crippen molar-refractivity contribution < 1.29 is 0 Å². The van der Waals surface area contributed by atoms with E-state index in [2.05, 4.69) is 52.4 Å². The van der Waals surface area contributed by atoms with Gasteiger partial charge >= 0.3 is 0 Å². The molecule has 0 aromatic rings. The Labute approximate surface area is 196 Å². The van der Waals surface area contributed by atoms with Gasteiger partial charge in [0.05, 0.1) is 17.8 Å². The highest BCUT2D eigenvalue weighted by atomic mass is 15.3. The molecular weight excluding hydrogens is 414 g/mol. The van der Waals surface area contributed by atoms with Crippen LogP contribution in [0.1, 0.15) is 13.8 Å². The van der Waals surface area contributed by atoms with E-state index in [1.165, 1.54) is 0 Å². The van der Waals surface area contributed by atoms with Crippen LogP contribution in [-0.2, 0) is 0 Å². The molecule has 0 saturated carbocycles. The van der Waals surface area contributed by atoms with E-state index in [0.717, 1.165) is 41.3 Å². The minimum atomic E-state index is -0.0668. The Balaban J connectivity index is 1.81. The molecule has 0 aliphatic carbocycles. The lowest BCUT2D eigenvalue weighted by atomic mass is 9.97. The van der Waals surface area contributed by atoms with E-state index in [-0.39, 0.29) is 18.0 Å². The number of dihydropyridines is 1. The van der Waals surface area contributed by atoms with Crippen molar-refractivity contribution in [3.63, 3.8) is 0 Å². The minimum Gasteiger partial charge on any atom is -0.404 e. The minimum absolute atomic E-state index is 0.0668. The van der Waals surface area contributed by atoms with E-state index in [0.29, 0.717) is 11.7 Å². The van der Waals surface area contributed by atoms with Crippen LogP contribution in [0.5, 0.6) is 0 Å². The summed E-state index contributed by atoms with van der Waals surface area (Å²) in [6, 6.07) is 0.166. The van der Waals surface area contributed by atoms with Gasteiger partial charge in [-0.3, -0.25) is 9.98 Å². The quantitative estimate of drug-likeness (QED) is 0.208. The number of amidine groups is 1. The van der Waals surface area contributed by atoms with E-state index < -0.39 is 0 Å². The molecule has 8 N–H and O–H groups in total. The first kappa shape index (κ1) is 24.2. The topological polar surface area (TPSA) is 133 Å². The Morgan fingerprint density at radius 1 is 1.24 bits per heavy atom. The average molecular weight is 452 g/mol. The number of likely N-dealkylation sites (N-methyl/N-ethyl adjacent to an activating group) is 2. The summed E-state index contributed by atoms with van der Waals surface area (Å²) in [7, 11) is 5.93. The van der Waals surface area contributed by atoms with Gasteiger partial charge in [0.1, 0.15) is 17.5 Å². The second-order valence-electron chi connectivity index (χ2n) is 8.86. The molecule has 178 valence electrons. The maximum atomic E-state index is 6.40. The third-order valence-corrected chi connectivity index (χ3v) is 5.90. The molecule has 0 aromatic heterocycles. The lowest BCUT2D eigenvalue weighted by Gasteiger charge is -2.35. The Morgan fingerprint density at radius 3 is 2.58 bits per heavy atom. The lowest BCUT2D eigenvalue weighted by molar-refractivity contribution is 0.193. The van der Waals surface area contributed by atoms with Gasteiger partial charge < -0.3 is 37.6 Å². The number of nitrogens with zero attached hydrogens (tertiary/aromatic N) is 4. The number of nitrogens with one attached hydrogen (secondary N) is 2. The first-order chi connectivity index (χ1) is 15.7. The summed E-state index contributed by atoms with van der Waals surface area (Å²) in [5.74, 6) is 2.19. The first-order valence-corrected chi connectivity index (χ1v) is 11.2. The number of fused-ring (bicyclic) bond motifs is 1. The molecule has 0 radical (unpaired) electrons. The van der Waals surface area contributed by atoms with Crippen LogP contribution >= 0.6 is 0 Å². The summed E-state index contributed by atoms with van der Waals surface area (Å²) < 4.78 is 0. The van der Waals surface area contributed by atoms with Crippen LogP contribution in [0.4, 0.5) is 0 Å². The average Bonchev–Trinajstić information content (AvgIpc) is 2.76. The highest BCUT2D eigenvalue weighted by molar-refractivity contribution is 6.08. The zero-order valence-electron chi connectivity index (χ0n) is 20.2. The Bertz CT molecular complexity index is 985. The molecule has 9 heteroatoms. The number of likely N-dealkylation sites (tertiary alicyclic amines) is 1. The zero-order valence-corrected chi connectivity index (χ0v) is 20.2. The molecule has 3 aliphatic heterocycles. The second kappa shape index (κ2) is 10.4. The largest absolute Gasteiger partial charge is 0.404 e. The number of allylic oxidation sites excluding steroid dienone is 4. The van der Waals surface area contributed by atoms with Crippen LogP contribution in [0.25, 0.3) is 0 Å². The highest BCUT2D eigenvalue weighted by Crippen LogP contribution is 2.27. The fraction of sp³-hybridized carbons (Fsp3) is 0.417. The summed E-state index contributed by atoms with van der Waals surface area (Å²) in [6.45, 7) is 5.99. The summed E-state index contributed by atoms with van der Waals surface area (Å²) >= 11 is 0. The molecule has 9 nitrogen and oxygen atoms in total. The van der Waals surface area contributed by atoms with Gasteiger partial charge in [0.2, 0.25) is 0 Å². The molecule has 3 rings (SSSR count). The maximum Gasteiger partial charge on any atom is 0.128 e. The molecule has 0 amide bonds. The van der Waals surface area contributed by atoms with Gasteiger partial charge in [0.25, 0.3) is 0 Å². The monoisotopic (exact) mass is 451 g/mol. The fourth-order valence-electron chi connectivity index (χ4n) is 3.93. The van der Waals surface area contributed by atoms with Crippen molar-refractivity contribution >= 4 is 12.1 Å². The zero-order chi connectivity index (χ0) is 24.1. The smallest absolute Gasteiger partial charge is 0.128 e. The number of aliphatic imine (C=N–C) groups is 2. The van der Waals surface area contributed by atoms with Crippen LogP contribution in [0.15, 0.2) is 80.7 Å². The van der Waals surface area contributed by atoms with Crippen molar-refractivity contribution in [3.8, 4) is 0 Å². The normalized spacial score (nSPS) is 23.0. The second-order valence-corrected chi connectivity index (χ2v) is 8.86. The van der Waals surface area contributed by atoms with Gasteiger partial charge in [0, 0.05) is 50.7 Å². The third kappa shape index (κ3) is 5.67. The van der Waals surface area contributed by atoms with Gasteiger partial charge in [-0.05, 0) is 49.0 Å². The number of hydrogen-bond acceptors (Lipinski definition) is 8. The predicted octanol–water partition coefficient (Wildman–Crippen LogP) is 0.699. The van der Waals surface area contributed by atoms with Crippen LogP contribution < -0.4 is 27.8 Å². The number of hydrogen-bond donors (Lipinski definition) is 5. The molecule has 3 heterocycles. The van der Waals surface area contributed by atoms with Crippen molar-refractivity contribution in [2.75, 3.05) is 34.2 Å². The molecule has 0 aromatic carbocycles. The standard InChI is InChI=1S/C24H37N9/c1-15(2)16(10-25)9-22(26)31-23-7-6-20-21(33(23)5)8-17(11-29-20)19(12-28-3)24(27)30-18-13-32(4)14-18/h6-12,15,18,21,28,31H,13-14,25-26H2,1-5H3,(H2,27,30)/b16-10+,19-12-,22-9+. The summed E-state index contributed by atoms with van der Waals surface area (Å²) in [4.78, 5) is 13.7. The number of nitrogens with two attached hydrogens (primary N) is 3. The van der Waals surface area contributed by atoms with Gasteiger partial charge in [-0.15, -0.1) is 0 Å². The van der Waals surface area contributed by atoms with Crippen molar-refractivity contribution in [1.29, 1.82) is 0 Å². The molecule has 1 saturated heterocycles. The van der Waals surface area contributed by atoms with Crippen molar-refractivity contribution in [3.05, 3.63) is 70.8 Å². The SMILES string of the molecule is CN/C=C(/C1=CC2C(=CC=C(N/C(N)=C/C(=C\N)C(C)C)N2C)N=C1)C(N)=NC1CN(C)C1. The summed E-state index contributed by atoms with van der Waals surface area (Å²) in [5.41, 5.74) is 22.0. The number of rotatable bonds is 8.